The van der Waals surface area contributed by atoms with Crippen molar-refractivity contribution in [3.63, 3.8) is 0 Å². The third-order valence-corrected chi connectivity index (χ3v) is 4.08. The zero-order valence-corrected chi connectivity index (χ0v) is 15.3. The maximum atomic E-state index is 12.0. The molecule has 0 saturated heterocycles. The van der Waals surface area contributed by atoms with Gasteiger partial charge in [0.15, 0.2) is 0 Å². The van der Waals surface area contributed by atoms with E-state index in [2.05, 4.69) is 26.6 Å². The van der Waals surface area contributed by atoms with Crippen LogP contribution in [-0.2, 0) is 4.79 Å². The maximum absolute atomic E-state index is 12.0. The van der Waals surface area contributed by atoms with E-state index in [4.69, 9.17) is 16.3 Å². The van der Waals surface area contributed by atoms with Crippen molar-refractivity contribution >= 4 is 44.8 Å². The molecule has 6 heteroatoms. The average molecular weight is 398 g/mol. The van der Waals surface area contributed by atoms with Gasteiger partial charge in [-0.3, -0.25) is 4.79 Å². The molecule has 2 N–H and O–H groups in total. The smallest absolute Gasteiger partial charge is 0.226 e. The Balaban J connectivity index is 1.84. The van der Waals surface area contributed by atoms with Gasteiger partial charge in [0.2, 0.25) is 5.91 Å². The van der Waals surface area contributed by atoms with Crippen LogP contribution in [0.25, 0.3) is 0 Å². The molecule has 0 atom stereocenters. The van der Waals surface area contributed by atoms with E-state index in [1.54, 1.807) is 19.2 Å². The van der Waals surface area contributed by atoms with Crippen molar-refractivity contribution < 1.29 is 9.53 Å². The number of nitrogens with one attached hydrogen (secondary N) is 2. The molecule has 4 nitrogen and oxygen atoms in total. The Morgan fingerprint density at radius 2 is 2.04 bits per heavy atom. The second kappa shape index (κ2) is 8.22. The van der Waals surface area contributed by atoms with Crippen LogP contribution in [-0.4, -0.2) is 19.6 Å². The van der Waals surface area contributed by atoms with Crippen LogP contribution in [0.5, 0.6) is 5.75 Å². The second-order valence-corrected chi connectivity index (χ2v) is 6.36. The van der Waals surface area contributed by atoms with Gasteiger partial charge in [0.25, 0.3) is 0 Å². The molecule has 2 aromatic rings. The predicted octanol–water partition coefficient (Wildman–Crippen LogP) is 4.86. The van der Waals surface area contributed by atoms with Gasteiger partial charge < -0.3 is 15.4 Å². The van der Waals surface area contributed by atoms with Gasteiger partial charge in [0, 0.05) is 28.8 Å². The fraction of sp³-hybridized carbons (Fsp3) is 0.235. The van der Waals surface area contributed by atoms with Crippen molar-refractivity contribution in [2.45, 2.75) is 13.3 Å². The van der Waals surface area contributed by atoms with Crippen LogP contribution in [0.1, 0.15) is 12.0 Å². The molecule has 0 aliphatic carbocycles. The number of aryl methyl sites for hydroxylation is 1. The van der Waals surface area contributed by atoms with Gasteiger partial charge in [0.1, 0.15) is 5.75 Å². The number of hydrogen-bond donors (Lipinski definition) is 2. The molecule has 0 bridgehead atoms. The molecule has 0 aromatic heterocycles. The molecule has 0 unspecified atom stereocenters. The molecule has 1 amide bonds. The molecule has 23 heavy (non-hydrogen) atoms. The van der Waals surface area contributed by atoms with Gasteiger partial charge >= 0.3 is 0 Å². The standard InChI is InChI=1S/C17H18BrClN2O2/c1-11-9-12(18)3-5-15(11)21-17(22)7-8-20-13-4-6-16(23-2)14(19)10-13/h3-6,9-10,20H,7-8H2,1-2H3,(H,21,22). The summed E-state index contributed by atoms with van der Waals surface area (Å²) < 4.78 is 6.09. The SMILES string of the molecule is COc1ccc(NCCC(=O)Nc2ccc(Br)cc2C)cc1Cl. The zero-order valence-electron chi connectivity index (χ0n) is 13.0. The van der Waals surface area contributed by atoms with Crippen molar-refractivity contribution in [3.05, 3.63) is 51.5 Å². The van der Waals surface area contributed by atoms with Gasteiger partial charge in [-0.25, -0.2) is 0 Å². The summed E-state index contributed by atoms with van der Waals surface area (Å²) in [6, 6.07) is 11.2. The quantitative estimate of drug-likeness (QED) is 0.732. The van der Waals surface area contributed by atoms with E-state index < -0.39 is 0 Å². The molecular weight excluding hydrogens is 380 g/mol. The Labute approximate surface area is 149 Å². The Morgan fingerprint density at radius 1 is 1.26 bits per heavy atom. The molecule has 0 fully saturated rings. The van der Waals surface area contributed by atoms with Gasteiger partial charge in [-0.05, 0) is 48.9 Å². The summed E-state index contributed by atoms with van der Waals surface area (Å²) in [4.78, 5) is 12.0. The molecule has 0 saturated carbocycles. The van der Waals surface area contributed by atoms with E-state index in [1.165, 1.54) is 0 Å². The van der Waals surface area contributed by atoms with E-state index in [9.17, 15) is 4.79 Å². The second-order valence-electron chi connectivity index (χ2n) is 5.03. The van der Waals surface area contributed by atoms with E-state index in [0.717, 1.165) is 21.4 Å². The van der Waals surface area contributed by atoms with E-state index in [1.807, 2.05) is 31.2 Å². The van der Waals surface area contributed by atoms with Crippen molar-refractivity contribution in [2.75, 3.05) is 24.3 Å². The molecule has 0 heterocycles. The number of rotatable bonds is 6. The number of halogens is 2. The summed E-state index contributed by atoms with van der Waals surface area (Å²) in [6.07, 6.45) is 0.360. The molecule has 0 aliphatic heterocycles. The third-order valence-electron chi connectivity index (χ3n) is 3.30. The lowest BCUT2D eigenvalue weighted by Crippen LogP contribution is -2.16. The number of carbonyl (C=O) groups is 1. The number of hydrogen-bond acceptors (Lipinski definition) is 3. The van der Waals surface area contributed by atoms with Crippen LogP contribution in [0.2, 0.25) is 5.02 Å². The maximum Gasteiger partial charge on any atom is 0.226 e. The highest BCUT2D eigenvalue weighted by Crippen LogP contribution is 2.27. The van der Waals surface area contributed by atoms with Crippen molar-refractivity contribution in [1.29, 1.82) is 0 Å². The normalized spacial score (nSPS) is 10.3. The van der Waals surface area contributed by atoms with Crippen molar-refractivity contribution in [2.24, 2.45) is 0 Å². The van der Waals surface area contributed by atoms with Gasteiger partial charge in [0.05, 0.1) is 12.1 Å². The van der Waals surface area contributed by atoms with Crippen LogP contribution >= 0.6 is 27.5 Å². The summed E-state index contributed by atoms with van der Waals surface area (Å²) in [5.41, 5.74) is 2.69. The number of amides is 1. The number of benzene rings is 2. The van der Waals surface area contributed by atoms with Crippen LogP contribution < -0.4 is 15.4 Å². The molecule has 2 rings (SSSR count). The molecule has 2 aromatic carbocycles. The first-order valence-electron chi connectivity index (χ1n) is 7.13. The lowest BCUT2D eigenvalue weighted by molar-refractivity contribution is -0.115. The number of carbonyl (C=O) groups excluding carboxylic acids is 1. The highest BCUT2D eigenvalue weighted by molar-refractivity contribution is 9.10. The molecule has 0 spiro atoms. The average Bonchev–Trinajstić information content (AvgIpc) is 2.50. The van der Waals surface area contributed by atoms with Crippen molar-refractivity contribution in [1.82, 2.24) is 0 Å². The monoisotopic (exact) mass is 396 g/mol. The van der Waals surface area contributed by atoms with Crippen molar-refractivity contribution in [3.8, 4) is 5.75 Å². The lowest BCUT2D eigenvalue weighted by atomic mass is 10.2. The lowest BCUT2D eigenvalue weighted by Gasteiger charge is -2.11. The summed E-state index contributed by atoms with van der Waals surface area (Å²) in [6.45, 7) is 2.47. The summed E-state index contributed by atoms with van der Waals surface area (Å²) in [7, 11) is 1.57. The summed E-state index contributed by atoms with van der Waals surface area (Å²) in [5.74, 6) is 0.586. The minimum absolute atomic E-state index is 0.0393. The highest BCUT2D eigenvalue weighted by atomic mass is 79.9. The van der Waals surface area contributed by atoms with E-state index >= 15 is 0 Å². The Hall–Kier alpha value is -1.72. The van der Waals surface area contributed by atoms with E-state index in [0.29, 0.717) is 23.7 Å². The van der Waals surface area contributed by atoms with Gasteiger partial charge in [-0.15, -0.1) is 0 Å². The predicted molar refractivity (Wildman–Crippen MR) is 98.6 cm³/mol. The molecule has 122 valence electrons. The summed E-state index contributed by atoms with van der Waals surface area (Å²) in [5, 5.41) is 6.61. The Morgan fingerprint density at radius 3 is 2.70 bits per heavy atom. The first-order valence-corrected chi connectivity index (χ1v) is 8.30. The highest BCUT2D eigenvalue weighted by Gasteiger charge is 2.06. The van der Waals surface area contributed by atoms with Gasteiger partial charge in [-0.1, -0.05) is 27.5 Å². The van der Waals surface area contributed by atoms with Gasteiger partial charge in [-0.2, -0.15) is 0 Å². The first kappa shape index (κ1) is 17.6. The molecule has 0 aliphatic rings. The van der Waals surface area contributed by atoms with Crippen LogP contribution in [0, 0.1) is 6.92 Å². The molecule has 0 radical (unpaired) electrons. The molecular formula is C17H18BrClN2O2. The number of ether oxygens (including phenoxy) is 1. The largest absolute Gasteiger partial charge is 0.495 e. The Kier molecular flexibility index (Phi) is 6.30. The topological polar surface area (TPSA) is 50.4 Å². The van der Waals surface area contributed by atoms with E-state index in [-0.39, 0.29) is 5.91 Å². The van der Waals surface area contributed by atoms with Crippen LogP contribution in [0.3, 0.4) is 0 Å². The zero-order chi connectivity index (χ0) is 16.8. The number of anilines is 2. The number of methoxy groups -OCH3 is 1. The van der Waals surface area contributed by atoms with Crippen LogP contribution in [0.15, 0.2) is 40.9 Å². The fourth-order valence-electron chi connectivity index (χ4n) is 2.08. The third kappa shape index (κ3) is 5.15. The summed E-state index contributed by atoms with van der Waals surface area (Å²) >= 11 is 9.46. The first-order chi connectivity index (χ1) is 11.0. The fourth-order valence-corrected chi connectivity index (χ4v) is 2.81. The minimum atomic E-state index is -0.0393. The van der Waals surface area contributed by atoms with Crippen LogP contribution in [0.4, 0.5) is 11.4 Å². The Bertz CT molecular complexity index is 707. The minimum Gasteiger partial charge on any atom is -0.495 e.